The molecule has 2 amide bonds. The highest BCUT2D eigenvalue weighted by Crippen LogP contribution is 2.34. The lowest BCUT2D eigenvalue weighted by Gasteiger charge is -2.30. The van der Waals surface area contributed by atoms with E-state index in [0.29, 0.717) is 24.3 Å². The zero-order chi connectivity index (χ0) is 17.0. The molecule has 130 valence electrons. The SMILES string of the molecule is CC(O)CC(C)(C)CNC(=O)N1CCCC(C(C)(C)C)CC1. The Morgan fingerprint density at radius 1 is 1.23 bits per heavy atom. The molecular formula is C18H36N2O2. The van der Waals surface area contributed by atoms with Gasteiger partial charge in [-0.05, 0) is 49.4 Å². The van der Waals surface area contributed by atoms with E-state index in [2.05, 4.69) is 39.9 Å². The van der Waals surface area contributed by atoms with Gasteiger partial charge in [-0.1, -0.05) is 34.6 Å². The Labute approximate surface area is 136 Å². The van der Waals surface area contributed by atoms with E-state index in [1.807, 2.05) is 4.90 Å². The largest absolute Gasteiger partial charge is 0.393 e. The summed E-state index contributed by atoms with van der Waals surface area (Å²) in [6.07, 6.45) is 3.75. The van der Waals surface area contributed by atoms with E-state index in [0.717, 1.165) is 25.9 Å². The van der Waals surface area contributed by atoms with Crippen LogP contribution in [0.15, 0.2) is 0 Å². The van der Waals surface area contributed by atoms with Crippen LogP contribution in [0.1, 0.15) is 67.2 Å². The molecule has 2 N–H and O–H groups in total. The Hall–Kier alpha value is -0.770. The van der Waals surface area contributed by atoms with Gasteiger partial charge in [-0.15, -0.1) is 0 Å². The maximum Gasteiger partial charge on any atom is 0.317 e. The first kappa shape index (κ1) is 19.3. The number of carbonyl (C=O) groups excluding carboxylic acids is 1. The first-order valence-electron chi connectivity index (χ1n) is 8.72. The molecule has 4 nitrogen and oxygen atoms in total. The maximum atomic E-state index is 12.4. The number of aliphatic hydroxyl groups is 1. The Bertz CT molecular complexity index is 359. The van der Waals surface area contributed by atoms with Gasteiger partial charge >= 0.3 is 6.03 Å². The topological polar surface area (TPSA) is 52.6 Å². The fraction of sp³-hybridized carbons (Fsp3) is 0.944. The van der Waals surface area contributed by atoms with Crippen molar-refractivity contribution in [3.8, 4) is 0 Å². The van der Waals surface area contributed by atoms with Gasteiger partial charge in [0.15, 0.2) is 0 Å². The third kappa shape index (κ3) is 6.55. The molecule has 0 aromatic carbocycles. The third-order valence-corrected chi connectivity index (χ3v) is 4.81. The monoisotopic (exact) mass is 312 g/mol. The van der Waals surface area contributed by atoms with Crippen LogP contribution in [0.3, 0.4) is 0 Å². The number of hydrogen-bond acceptors (Lipinski definition) is 2. The number of carbonyl (C=O) groups is 1. The smallest absolute Gasteiger partial charge is 0.317 e. The highest BCUT2D eigenvalue weighted by Gasteiger charge is 2.29. The van der Waals surface area contributed by atoms with Crippen LogP contribution in [0.25, 0.3) is 0 Å². The first-order valence-corrected chi connectivity index (χ1v) is 8.72. The molecule has 0 radical (unpaired) electrons. The van der Waals surface area contributed by atoms with Crippen molar-refractivity contribution in [3.63, 3.8) is 0 Å². The minimum absolute atomic E-state index is 0.0493. The Balaban J connectivity index is 2.46. The van der Waals surface area contributed by atoms with Gasteiger partial charge < -0.3 is 15.3 Å². The normalized spacial score (nSPS) is 22.1. The molecule has 1 heterocycles. The lowest BCUT2D eigenvalue weighted by atomic mass is 9.77. The van der Waals surface area contributed by atoms with Crippen molar-refractivity contribution in [1.82, 2.24) is 10.2 Å². The van der Waals surface area contributed by atoms with Crippen LogP contribution in [0.5, 0.6) is 0 Å². The van der Waals surface area contributed by atoms with Crippen LogP contribution >= 0.6 is 0 Å². The van der Waals surface area contributed by atoms with Gasteiger partial charge in [0.1, 0.15) is 0 Å². The number of rotatable bonds is 4. The summed E-state index contributed by atoms with van der Waals surface area (Å²) in [5, 5.41) is 12.6. The van der Waals surface area contributed by atoms with Gasteiger partial charge in [-0.3, -0.25) is 0 Å². The summed E-state index contributed by atoms with van der Waals surface area (Å²) < 4.78 is 0. The minimum atomic E-state index is -0.336. The van der Waals surface area contributed by atoms with Crippen LogP contribution in [-0.2, 0) is 0 Å². The summed E-state index contributed by atoms with van der Waals surface area (Å²) in [6, 6.07) is 0.0493. The highest BCUT2D eigenvalue weighted by atomic mass is 16.3. The fourth-order valence-electron chi connectivity index (χ4n) is 3.46. The van der Waals surface area contributed by atoms with E-state index >= 15 is 0 Å². The van der Waals surface area contributed by atoms with Crippen molar-refractivity contribution in [3.05, 3.63) is 0 Å². The van der Waals surface area contributed by atoms with E-state index in [1.54, 1.807) is 6.92 Å². The van der Waals surface area contributed by atoms with Crippen molar-refractivity contribution in [2.75, 3.05) is 19.6 Å². The molecule has 0 spiro atoms. The van der Waals surface area contributed by atoms with Gasteiger partial charge in [0.2, 0.25) is 0 Å². The molecule has 1 aliphatic heterocycles. The molecule has 1 rings (SSSR count). The molecule has 2 atom stereocenters. The van der Waals surface area contributed by atoms with E-state index in [-0.39, 0.29) is 17.6 Å². The quantitative estimate of drug-likeness (QED) is 0.832. The highest BCUT2D eigenvalue weighted by molar-refractivity contribution is 5.74. The molecule has 1 saturated heterocycles. The Kier molecular flexibility index (Phi) is 6.72. The molecule has 0 aromatic heterocycles. The molecule has 22 heavy (non-hydrogen) atoms. The summed E-state index contributed by atoms with van der Waals surface area (Å²) in [5.74, 6) is 0.692. The minimum Gasteiger partial charge on any atom is -0.393 e. The van der Waals surface area contributed by atoms with E-state index < -0.39 is 0 Å². The maximum absolute atomic E-state index is 12.4. The number of aliphatic hydroxyl groups excluding tert-OH is 1. The van der Waals surface area contributed by atoms with E-state index in [9.17, 15) is 9.90 Å². The zero-order valence-corrected chi connectivity index (χ0v) is 15.4. The fourth-order valence-corrected chi connectivity index (χ4v) is 3.46. The van der Waals surface area contributed by atoms with Crippen LogP contribution < -0.4 is 5.32 Å². The third-order valence-electron chi connectivity index (χ3n) is 4.81. The van der Waals surface area contributed by atoms with Crippen molar-refractivity contribution in [2.24, 2.45) is 16.7 Å². The average Bonchev–Trinajstić information content (AvgIpc) is 2.59. The van der Waals surface area contributed by atoms with Crippen molar-refractivity contribution in [1.29, 1.82) is 0 Å². The number of hydrogen-bond donors (Lipinski definition) is 2. The molecule has 0 aromatic rings. The van der Waals surface area contributed by atoms with Crippen LogP contribution in [0.2, 0.25) is 0 Å². The van der Waals surface area contributed by atoms with Gasteiger partial charge in [0, 0.05) is 19.6 Å². The number of amides is 2. The number of likely N-dealkylation sites (tertiary alicyclic amines) is 1. The van der Waals surface area contributed by atoms with E-state index in [1.165, 1.54) is 6.42 Å². The van der Waals surface area contributed by atoms with Gasteiger partial charge in [-0.2, -0.15) is 0 Å². The molecule has 1 fully saturated rings. The predicted octanol–water partition coefficient (Wildman–Crippen LogP) is 3.64. The van der Waals surface area contributed by atoms with Crippen molar-refractivity contribution < 1.29 is 9.90 Å². The van der Waals surface area contributed by atoms with Crippen LogP contribution in [0.4, 0.5) is 4.79 Å². The summed E-state index contributed by atoms with van der Waals surface area (Å²) in [4.78, 5) is 14.4. The number of nitrogens with one attached hydrogen (secondary N) is 1. The second-order valence-corrected chi connectivity index (χ2v) is 8.86. The molecule has 1 aliphatic rings. The summed E-state index contributed by atoms with van der Waals surface area (Å²) in [5.41, 5.74) is 0.245. The lowest BCUT2D eigenvalue weighted by molar-refractivity contribution is 0.126. The van der Waals surface area contributed by atoms with Gasteiger partial charge in [0.25, 0.3) is 0 Å². The van der Waals surface area contributed by atoms with Crippen molar-refractivity contribution >= 4 is 6.03 Å². The van der Waals surface area contributed by atoms with Crippen LogP contribution in [-0.4, -0.2) is 41.8 Å². The number of urea groups is 1. The Morgan fingerprint density at radius 3 is 2.41 bits per heavy atom. The standard InChI is InChI=1S/C18H36N2O2/c1-14(21)12-18(5,6)13-19-16(22)20-10-7-8-15(9-11-20)17(2,3)4/h14-15,21H,7-13H2,1-6H3,(H,19,22). The molecule has 0 bridgehead atoms. The Morgan fingerprint density at radius 2 is 1.86 bits per heavy atom. The molecule has 4 heteroatoms. The summed E-state index contributed by atoms with van der Waals surface area (Å²) in [6.45, 7) is 15.2. The summed E-state index contributed by atoms with van der Waals surface area (Å²) >= 11 is 0. The van der Waals surface area contributed by atoms with Crippen molar-refractivity contribution in [2.45, 2.75) is 73.3 Å². The average molecular weight is 312 g/mol. The predicted molar refractivity (Wildman–Crippen MR) is 91.8 cm³/mol. The summed E-state index contributed by atoms with van der Waals surface area (Å²) in [7, 11) is 0. The molecule has 2 unspecified atom stereocenters. The van der Waals surface area contributed by atoms with Crippen LogP contribution in [0, 0.1) is 16.7 Å². The first-order chi connectivity index (χ1) is 10.0. The lowest BCUT2D eigenvalue weighted by Crippen LogP contribution is -2.44. The van der Waals surface area contributed by atoms with Gasteiger partial charge in [0.05, 0.1) is 6.10 Å². The second kappa shape index (κ2) is 7.67. The second-order valence-electron chi connectivity index (χ2n) is 8.86. The van der Waals surface area contributed by atoms with E-state index in [4.69, 9.17) is 0 Å². The zero-order valence-electron chi connectivity index (χ0n) is 15.4. The number of nitrogens with zero attached hydrogens (tertiary/aromatic N) is 1. The molecular weight excluding hydrogens is 276 g/mol. The van der Waals surface area contributed by atoms with Gasteiger partial charge in [-0.25, -0.2) is 4.79 Å². The molecule has 0 saturated carbocycles. The molecule has 0 aliphatic carbocycles.